The van der Waals surface area contributed by atoms with E-state index in [0.29, 0.717) is 12.4 Å². The highest BCUT2D eigenvalue weighted by Gasteiger charge is 2.09. The van der Waals surface area contributed by atoms with E-state index < -0.39 is 6.17 Å². The van der Waals surface area contributed by atoms with Crippen LogP contribution < -0.4 is 5.73 Å². The van der Waals surface area contributed by atoms with Crippen LogP contribution in [0.4, 0.5) is 4.39 Å². The van der Waals surface area contributed by atoms with Crippen LogP contribution >= 0.6 is 0 Å². The molecule has 1 aromatic rings. The third-order valence-electron chi connectivity index (χ3n) is 1.66. The highest BCUT2D eigenvalue weighted by atomic mass is 19.1. The smallest absolute Gasteiger partial charge is 0.138 e. The molecule has 0 fully saturated rings. The fraction of sp³-hybridized carbons (Fsp3) is 0.714. The first-order valence-electron chi connectivity index (χ1n) is 3.98. The molecule has 0 aliphatic heterocycles. The molecule has 12 heavy (non-hydrogen) atoms. The summed E-state index contributed by atoms with van der Waals surface area (Å²) >= 11 is 0. The third-order valence-corrected chi connectivity index (χ3v) is 1.66. The number of aryl methyl sites for hydroxylation is 1. The van der Waals surface area contributed by atoms with E-state index in [0.717, 1.165) is 0 Å². The van der Waals surface area contributed by atoms with Gasteiger partial charge in [0.2, 0.25) is 0 Å². The zero-order chi connectivity index (χ0) is 8.97. The molecule has 1 heterocycles. The topological polar surface area (TPSA) is 56.7 Å². The number of hydrogen-bond donors (Lipinski definition) is 1. The molecule has 1 unspecified atom stereocenters. The van der Waals surface area contributed by atoms with Gasteiger partial charge in [0.05, 0.1) is 0 Å². The average Bonchev–Trinajstić information content (AvgIpc) is 2.51. The Kier molecular flexibility index (Phi) is 3.16. The minimum atomic E-state index is -1.01. The van der Waals surface area contributed by atoms with Gasteiger partial charge in [-0.25, -0.2) is 9.37 Å². The SMILES string of the molecule is CCn1ncnc1CC(F)CN. The number of nitrogens with zero attached hydrogens (tertiary/aromatic N) is 3. The fourth-order valence-corrected chi connectivity index (χ4v) is 0.992. The molecule has 0 aliphatic carbocycles. The van der Waals surface area contributed by atoms with Crippen molar-refractivity contribution in [3.63, 3.8) is 0 Å². The van der Waals surface area contributed by atoms with E-state index in [1.54, 1.807) is 4.68 Å². The van der Waals surface area contributed by atoms with Crippen LogP contribution in [0.1, 0.15) is 12.7 Å². The quantitative estimate of drug-likeness (QED) is 0.702. The maximum absolute atomic E-state index is 12.8. The van der Waals surface area contributed by atoms with Gasteiger partial charge in [0.15, 0.2) is 0 Å². The van der Waals surface area contributed by atoms with Crippen LogP contribution in [-0.2, 0) is 13.0 Å². The van der Waals surface area contributed by atoms with Gasteiger partial charge in [-0.05, 0) is 6.92 Å². The summed E-state index contributed by atoms with van der Waals surface area (Å²) in [5.74, 6) is 0.662. The van der Waals surface area contributed by atoms with E-state index in [9.17, 15) is 4.39 Å². The Bertz CT molecular complexity index is 235. The number of halogens is 1. The highest BCUT2D eigenvalue weighted by Crippen LogP contribution is 2.01. The van der Waals surface area contributed by atoms with Crippen LogP contribution in [0.2, 0.25) is 0 Å². The number of aromatic nitrogens is 3. The molecule has 68 valence electrons. The molecule has 1 atom stereocenters. The lowest BCUT2D eigenvalue weighted by Gasteiger charge is -2.04. The van der Waals surface area contributed by atoms with Crippen molar-refractivity contribution in [1.29, 1.82) is 0 Å². The van der Waals surface area contributed by atoms with E-state index >= 15 is 0 Å². The molecule has 5 heteroatoms. The van der Waals surface area contributed by atoms with Crippen molar-refractivity contribution in [2.75, 3.05) is 6.54 Å². The van der Waals surface area contributed by atoms with Crippen molar-refractivity contribution in [3.8, 4) is 0 Å². The molecular weight excluding hydrogens is 159 g/mol. The van der Waals surface area contributed by atoms with Crippen molar-refractivity contribution >= 4 is 0 Å². The molecule has 2 N–H and O–H groups in total. The van der Waals surface area contributed by atoms with Gasteiger partial charge in [-0.15, -0.1) is 0 Å². The zero-order valence-electron chi connectivity index (χ0n) is 7.07. The molecule has 0 bridgehead atoms. The van der Waals surface area contributed by atoms with Crippen LogP contribution in [0.5, 0.6) is 0 Å². The Morgan fingerprint density at radius 1 is 1.75 bits per heavy atom. The molecule has 0 aliphatic rings. The molecule has 1 rings (SSSR count). The second-order valence-corrected chi connectivity index (χ2v) is 2.53. The van der Waals surface area contributed by atoms with Crippen molar-refractivity contribution in [1.82, 2.24) is 14.8 Å². The standard InChI is InChI=1S/C7H13FN4/c1-2-12-7(10-5-11-12)3-6(8)4-9/h5-6H,2-4,9H2,1H3. The second-order valence-electron chi connectivity index (χ2n) is 2.53. The molecule has 0 saturated heterocycles. The molecule has 0 aromatic carbocycles. The Hall–Kier alpha value is -0.970. The van der Waals surface area contributed by atoms with Crippen LogP contribution in [-0.4, -0.2) is 27.5 Å². The monoisotopic (exact) mass is 172 g/mol. The fourth-order valence-electron chi connectivity index (χ4n) is 0.992. The van der Waals surface area contributed by atoms with Crippen molar-refractivity contribution in [3.05, 3.63) is 12.2 Å². The Labute approximate surface area is 70.6 Å². The normalized spacial score (nSPS) is 13.2. The first-order valence-corrected chi connectivity index (χ1v) is 3.98. The zero-order valence-corrected chi connectivity index (χ0v) is 7.07. The molecule has 0 radical (unpaired) electrons. The summed E-state index contributed by atoms with van der Waals surface area (Å²) in [6.07, 6.45) is 0.673. The molecule has 0 amide bonds. The number of nitrogens with two attached hydrogens (primary N) is 1. The predicted octanol–water partition coefficient (Wildman–Crippen LogP) is 0.137. The summed E-state index contributed by atoms with van der Waals surface area (Å²) in [6, 6.07) is 0. The number of rotatable bonds is 4. The largest absolute Gasteiger partial charge is 0.328 e. The van der Waals surface area contributed by atoms with Gasteiger partial charge in [-0.2, -0.15) is 5.10 Å². The van der Waals surface area contributed by atoms with E-state index in [1.807, 2.05) is 6.92 Å². The van der Waals surface area contributed by atoms with Gasteiger partial charge in [-0.3, -0.25) is 4.68 Å². The first-order chi connectivity index (χ1) is 5.77. The number of alkyl halides is 1. The van der Waals surface area contributed by atoms with Gasteiger partial charge in [-0.1, -0.05) is 0 Å². The summed E-state index contributed by atoms with van der Waals surface area (Å²) in [5.41, 5.74) is 5.15. The summed E-state index contributed by atoms with van der Waals surface area (Å²) in [7, 11) is 0. The summed E-state index contributed by atoms with van der Waals surface area (Å²) in [4.78, 5) is 3.93. The van der Waals surface area contributed by atoms with Crippen LogP contribution in [0.25, 0.3) is 0 Å². The van der Waals surface area contributed by atoms with E-state index in [4.69, 9.17) is 5.73 Å². The minimum absolute atomic E-state index is 0.0383. The predicted molar refractivity (Wildman–Crippen MR) is 43.4 cm³/mol. The lowest BCUT2D eigenvalue weighted by Crippen LogP contribution is -2.20. The lowest BCUT2D eigenvalue weighted by atomic mass is 10.2. The maximum atomic E-state index is 12.8. The van der Waals surface area contributed by atoms with Crippen molar-refractivity contribution in [2.45, 2.75) is 26.1 Å². The summed E-state index contributed by atoms with van der Waals surface area (Å²) in [6.45, 7) is 2.69. The maximum Gasteiger partial charge on any atom is 0.138 e. The summed E-state index contributed by atoms with van der Waals surface area (Å²) < 4.78 is 14.5. The lowest BCUT2D eigenvalue weighted by molar-refractivity contribution is 0.330. The van der Waals surface area contributed by atoms with Gasteiger partial charge in [0.1, 0.15) is 18.3 Å². The first kappa shape index (κ1) is 9.12. The van der Waals surface area contributed by atoms with Gasteiger partial charge in [0.25, 0.3) is 0 Å². The van der Waals surface area contributed by atoms with Crippen LogP contribution in [0.3, 0.4) is 0 Å². The Morgan fingerprint density at radius 2 is 2.50 bits per heavy atom. The third kappa shape index (κ3) is 2.01. The van der Waals surface area contributed by atoms with Gasteiger partial charge >= 0.3 is 0 Å². The molecule has 4 nitrogen and oxygen atoms in total. The molecule has 0 spiro atoms. The second kappa shape index (κ2) is 4.15. The minimum Gasteiger partial charge on any atom is -0.328 e. The number of hydrogen-bond acceptors (Lipinski definition) is 3. The van der Waals surface area contributed by atoms with Crippen molar-refractivity contribution < 1.29 is 4.39 Å². The van der Waals surface area contributed by atoms with Crippen LogP contribution in [0.15, 0.2) is 6.33 Å². The van der Waals surface area contributed by atoms with Gasteiger partial charge < -0.3 is 5.73 Å². The van der Waals surface area contributed by atoms with E-state index in [1.165, 1.54) is 6.33 Å². The Balaban J connectivity index is 2.61. The van der Waals surface area contributed by atoms with Gasteiger partial charge in [0, 0.05) is 19.5 Å². The highest BCUT2D eigenvalue weighted by molar-refractivity contribution is 4.87. The Morgan fingerprint density at radius 3 is 3.08 bits per heavy atom. The molecular formula is C7H13FN4. The van der Waals surface area contributed by atoms with Crippen molar-refractivity contribution in [2.24, 2.45) is 5.73 Å². The molecule has 0 saturated carbocycles. The van der Waals surface area contributed by atoms with E-state index in [2.05, 4.69) is 10.1 Å². The van der Waals surface area contributed by atoms with E-state index in [-0.39, 0.29) is 13.0 Å². The summed E-state index contributed by atoms with van der Waals surface area (Å²) in [5, 5.41) is 3.92. The molecule has 1 aromatic heterocycles. The van der Waals surface area contributed by atoms with Crippen LogP contribution in [0, 0.1) is 0 Å². The average molecular weight is 172 g/mol.